The Morgan fingerprint density at radius 1 is 1.57 bits per heavy atom. The topological polar surface area (TPSA) is 58.3 Å². The fourth-order valence-electron chi connectivity index (χ4n) is 1.24. The molecule has 1 aromatic heterocycles. The van der Waals surface area contributed by atoms with Crippen molar-refractivity contribution in [1.29, 1.82) is 0 Å². The Labute approximate surface area is 84.2 Å². The van der Waals surface area contributed by atoms with Crippen LogP contribution >= 0.6 is 0 Å². The maximum Gasteiger partial charge on any atom is 0.111 e. The van der Waals surface area contributed by atoms with Gasteiger partial charge in [0.15, 0.2) is 0 Å². The van der Waals surface area contributed by atoms with Gasteiger partial charge < -0.3 is 14.8 Å². The first-order chi connectivity index (χ1) is 6.45. The molecule has 1 atom stereocenters. The van der Waals surface area contributed by atoms with Crippen LogP contribution in [0.5, 0.6) is 0 Å². The van der Waals surface area contributed by atoms with Gasteiger partial charge in [-0.05, 0) is 20.8 Å². The van der Waals surface area contributed by atoms with E-state index in [1.54, 1.807) is 20.0 Å². The number of nitrogens with zero attached hydrogens (tertiary/aromatic N) is 2. The van der Waals surface area contributed by atoms with Crippen LogP contribution < -0.4 is 0 Å². The van der Waals surface area contributed by atoms with Gasteiger partial charge in [0.05, 0.1) is 11.7 Å². The predicted molar refractivity (Wildman–Crippen MR) is 53.9 cm³/mol. The van der Waals surface area contributed by atoms with Crippen LogP contribution in [0.4, 0.5) is 0 Å². The van der Waals surface area contributed by atoms with E-state index in [2.05, 4.69) is 4.98 Å². The molecule has 0 aliphatic rings. The molecule has 1 unspecified atom stereocenters. The van der Waals surface area contributed by atoms with Gasteiger partial charge in [-0.3, -0.25) is 0 Å². The standard InChI is InChI=1S/C10H18N2O2/c1-4-12-6-5-11-9(12)7-8(13)10(2,3)14/h5-6,8,13-14H,4,7H2,1-3H3. The largest absolute Gasteiger partial charge is 0.390 e. The Kier molecular flexibility index (Phi) is 3.29. The SMILES string of the molecule is CCn1ccnc1CC(O)C(C)(C)O. The number of hydrogen-bond acceptors (Lipinski definition) is 3. The molecular formula is C10H18N2O2. The second-order valence-corrected chi connectivity index (χ2v) is 4.00. The highest BCUT2D eigenvalue weighted by Crippen LogP contribution is 2.13. The van der Waals surface area contributed by atoms with Crippen LogP contribution in [0.25, 0.3) is 0 Å². The minimum absolute atomic E-state index is 0.379. The van der Waals surface area contributed by atoms with Gasteiger partial charge >= 0.3 is 0 Å². The summed E-state index contributed by atoms with van der Waals surface area (Å²) in [6, 6.07) is 0. The van der Waals surface area contributed by atoms with Crippen molar-refractivity contribution in [3.63, 3.8) is 0 Å². The highest BCUT2D eigenvalue weighted by atomic mass is 16.3. The summed E-state index contributed by atoms with van der Waals surface area (Å²) in [5.41, 5.74) is -1.08. The summed E-state index contributed by atoms with van der Waals surface area (Å²) in [5.74, 6) is 0.808. The third-order valence-electron chi connectivity index (χ3n) is 2.33. The van der Waals surface area contributed by atoms with Gasteiger partial charge in [0, 0.05) is 25.4 Å². The van der Waals surface area contributed by atoms with Crippen LogP contribution in [0.15, 0.2) is 12.4 Å². The van der Waals surface area contributed by atoms with Crippen molar-refractivity contribution in [2.45, 2.75) is 45.4 Å². The fraction of sp³-hybridized carbons (Fsp3) is 0.700. The van der Waals surface area contributed by atoms with Crippen molar-refractivity contribution >= 4 is 0 Å². The Balaban J connectivity index is 2.69. The van der Waals surface area contributed by atoms with E-state index in [1.165, 1.54) is 0 Å². The lowest BCUT2D eigenvalue weighted by Gasteiger charge is -2.24. The average molecular weight is 198 g/mol. The Morgan fingerprint density at radius 2 is 2.21 bits per heavy atom. The first kappa shape index (κ1) is 11.2. The molecule has 4 heteroatoms. The molecule has 1 rings (SSSR count). The molecule has 0 radical (unpaired) electrons. The molecule has 4 nitrogen and oxygen atoms in total. The number of aryl methyl sites for hydroxylation is 1. The third kappa shape index (κ3) is 2.56. The minimum Gasteiger partial charge on any atom is -0.390 e. The fourth-order valence-corrected chi connectivity index (χ4v) is 1.24. The molecule has 80 valence electrons. The third-order valence-corrected chi connectivity index (χ3v) is 2.33. The van der Waals surface area contributed by atoms with Crippen molar-refractivity contribution in [2.24, 2.45) is 0 Å². The highest BCUT2D eigenvalue weighted by Gasteiger charge is 2.25. The molecule has 0 bridgehead atoms. The Hall–Kier alpha value is -0.870. The second-order valence-electron chi connectivity index (χ2n) is 4.00. The molecule has 0 aliphatic carbocycles. The van der Waals surface area contributed by atoms with Crippen molar-refractivity contribution in [1.82, 2.24) is 9.55 Å². The van der Waals surface area contributed by atoms with E-state index >= 15 is 0 Å². The summed E-state index contributed by atoms with van der Waals surface area (Å²) in [4.78, 5) is 4.13. The van der Waals surface area contributed by atoms with Crippen LogP contribution in [-0.4, -0.2) is 31.5 Å². The first-order valence-corrected chi connectivity index (χ1v) is 4.85. The summed E-state index contributed by atoms with van der Waals surface area (Å²) in [6.07, 6.45) is 3.17. The normalized spacial score (nSPS) is 14.4. The van der Waals surface area contributed by atoms with Crippen molar-refractivity contribution < 1.29 is 10.2 Å². The van der Waals surface area contributed by atoms with E-state index in [0.29, 0.717) is 6.42 Å². The lowest BCUT2D eigenvalue weighted by Crippen LogP contribution is -2.38. The molecular weight excluding hydrogens is 180 g/mol. The maximum absolute atomic E-state index is 9.67. The molecule has 0 aliphatic heterocycles. The zero-order chi connectivity index (χ0) is 10.8. The van der Waals surface area contributed by atoms with Crippen LogP contribution in [0.1, 0.15) is 26.6 Å². The Bertz CT molecular complexity index is 289. The van der Waals surface area contributed by atoms with Gasteiger partial charge in [-0.15, -0.1) is 0 Å². The predicted octanol–water partition coefficient (Wildman–Crippen LogP) is 0.577. The van der Waals surface area contributed by atoms with E-state index < -0.39 is 11.7 Å². The summed E-state index contributed by atoms with van der Waals surface area (Å²) < 4.78 is 1.95. The number of imidazole rings is 1. The molecule has 14 heavy (non-hydrogen) atoms. The van der Waals surface area contributed by atoms with Crippen LogP contribution in [0.3, 0.4) is 0 Å². The van der Waals surface area contributed by atoms with Gasteiger partial charge in [-0.1, -0.05) is 0 Å². The van der Waals surface area contributed by atoms with Gasteiger partial charge in [-0.25, -0.2) is 4.98 Å². The minimum atomic E-state index is -1.08. The smallest absolute Gasteiger partial charge is 0.111 e. The number of aromatic nitrogens is 2. The molecule has 0 saturated carbocycles. The number of aliphatic hydroxyl groups is 2. The molecule has 0 spiro atoms. The maximum atomic E-state index is 9.67. The van der Waals surface area contributed by atoms with Gasteiger partial charge in [0.25, 0.3) is 0 Å². The summed E-state index contributed by atoms with van der Waals surface area (Å²) in [5, 5.41) is 19.2. The number of aliphatic hydroxyl groups excluding tert-OH is 1. The molecule has 2 N–H and O–H groups in total. The lowest BCUT2D eigenvalue weighted by molar-refractivity contribution is -0.0481. The zero-order valence-corrected chi connectivity index (χ0v) is 8.94. The molecule has 0 fully saturated rings. The van der Waals surface area contributed by atoms with E-state index in [4.69, 9.17) is 0 Å². The van der Waals surface area contributed by atoms with Crippen LogP contribution in [-0.2, 0) is 13.0 Å². The monoisotopic (exact) mass is 198 g/mol. The van der Waals surface area contributed by atoms with E-state index in [-0.39, 0.29) is 0 Å². The quantitative estimate of drug-likeness (QED) is 0.744. The lowest BCUT2D eigenvalue weighted by atomic mass is 9.99. The molecule has 1 aromatic rings. The second kappa shape index (κ2) is 4.11. The van der Waals surface area contributed by atoms with E-state index in [0.717, 1.165) is 12.4 Å². The van der Waals surface area contributed by atoms with Crippen LogP contribution in [0, 0.1) is 0 Å². The van der Waals surface area contributed by atoms with Crippen molar-refractivity contribution in [3.8, 4) is 0 Å². The summed E-state index contributed by atoms with van der Waals surface area (Å²) in [7, 11) is 0. The van der Waals surface area contributed by atoms with Crippen LogP contribution in [0.2, 0.25) is 0 Å². The van der Waals surface area contributed by atoms with Crippen molar-refractivity contribution in [3.05, 3.63) is 18.2 Å². The zero-order valence-electron chi connectivity index (χ0n) is 8.94. The van der Waals surface area contributed by atoms with Gasteiger partial charge in [0.2, 0.25) is 0 Å². The molecule has 1 heterocycles. The Morgan fingerprint density at radius 3 is 2.71 bits per heavy atom. The first-order valence-electron chi connectivity index (χ1n) is 4.85. The molecule has 0 aromatic carbocycles. The summed E-state index contributed by atoms with van der Waals surface area (Å²) >= 11 is 0. The number of rotatable bonds is 4. The molecule has 0 amide bonds. The highest BCUT2D eigenvalue weighted by molar-refractivity contribution is 4.96. The average Bonchev–Trinajstić information content (AvgIpc) is 2.50. The van der Waals surface area contributed by atoms with Gasteiger partial charge in [-0.2, -0.15) is 0 Å². The van der Waals surface area contributed by atoms with Gasteiger partial charge in [0.1, 0.15) is 5.82 Å². The summed E-state index contributed by atoms with van der Waals surface area (Å²) in [6.45, 7) is 6.03. The van der Waals surface area contributed by atoms with E-state index in [9.17, 15) is 10.2 Å². The van der Waals surface area contributed by atoms with Crippen molar-refractivity contribution in [2.75, 3.05) is 0 Å². The number of hydrogen-bond donors (Lipinski definition) is 2. The van der Waals surface area contributed by atoms with E-state index in [1.807, 2.05) is 17.7 Å². The molecule has 0 saturated heterocycles.